The number of benzene rings is 1. The first kappa shape index (κ1) is 14.0. The molecule has 1 aliphatic heterocycles. The lowest BCUT2D eigenvalue weighted by Gasteiger charge is -2.12. The van der Waals surface area contributed by atoms with Gasteiger partial charge in [0, 0.05) is 10.2 Å². The number of esters is 1. The van der Waals surface area contributed by atoms with E-state index in [1.54, 1.807) is 18.2 Å². The fourth-order valence-corrected chi connectivity index (χ4v) is 2.53. The second-order valence-corrected chi connectivity index (χ2v) is 5.27. The van der Waals surface area contributed by atoms with Crippen LogP contribution in [-0.4, -0.2) is 31.6 Å². The topological polar surface area (TPSA) is 67.4 Å². The van der Waals surface area contributed by atoms with E-state index in [4.69, 9.17) is 0 Å². The molecule has 2 N–H and O–H groups in total. The maximum Gasteiger partial charge on any atom is 0.337 e. The first-order valence-corrected chi connectivity index (χ1v) is 6.82. The van der Waals surface area contributed by atoms with Gasteiger partial charge in [-0.15, -0.1) is 0 Å². The summed E-state index contributed by atoms with van der Waals surface area (Å²) in [5.74, 6) is -0.512. The normalized spacial score (nSPS) is 18.1. The van der Waals surface area contributed by atoms with E-state index in [-0.39, 0.29) is 11.9 Å². The molecular weight excluding hydrogens is 312 g/mol. The predicted octanol–water partition coefficient (Wildman–Crippen LogP) is 1.93. The Morgan fingerprint density at radius 3 is 2.84 bits per heavy atom. The number of nitrogens with one attached hydrogen (secondary N) is 2. The van der Waals surface area contributed by atoms with Crippen molar-refractivity contribution < 1.29 is 14.3 Å². The summed E-state index contributed by atoms with van der Waals surface area (Å²) in [6.07, 6.45) is 1.84. The lowest BCUT2D eigenvalue weighted by atomic mass is 10.2. The molecule has 1 atom stereocenters. The zero-order valence-corrected chi connectivity index (χ0v) is 12.1. The lowest BCUT2D eigenvalue weighted by Crippen LogP contribution is -2.35. The van der Waals surface area contributed by atoms with Crippen LogP contribution in [0.15, 0.2) is 22.7 Å². The van der Waals surface area contributed by atoms with Crippen molar-refractivity contribution in [2.75, 3.05) is 19.0 Å². The van der Waals surface area contributed by atoms with Crippen molar-refractivity contribution in [3.63, 3.8) is 0 Å². The van der Waals surface area contributed by atoms with E-state index < -0.39 is 5.97 Å². The van der Waals surface area contributed by atoms with E-state index in [0.29, 0.717) is 15.7 Å². The summed E-state index contributed by atoms with van der Waals surface area (Å²) in [4.78, 5) is 23.5. The largest absolute Gasteiger partial charge is 0.465 e. The molecule has 0 saturated carbocycles. The van der Waals surface area contributed by atoms with Crippen LogP contribution >= 0.6 is 15.9 Å². The Morgan fingerprint density at radius 2 is 2.21 bits per heavy atom. The van der Waals surface area contributed by atoms with E-state index in [1.807, 2.05) is 0 Å². The summed E-state index contributed by atoms with van der Waals surface area (Å²) in [5, 5.41) is 5.93. The SMILES string of the molecule is COC(=O)c1cc(Br)cc(NC(=O)[C@@H]2CCCN2)c1. The number of anilines is 1. The predicted molar refractivity (Wildman–Crippen MR) is 75.1 cm³/mol. The standard InChI is InChI=1S/C13H15BrN2O3/c1-19-13(18)8-5-9(14)7-10(6-8)16-12(17)11-3-2-4-15-11/h5-7,11,15H,2-4H2,1H3,(H,16,17)/t11-/m0/s1. The van der Waals surface area contributed by atoms with Gasteiger partial charge in [-0.05, 0) is 37.6 Å². The highest BCUT2D eigenvalue weighted by atomic mass is 79.9. The second-order valence-electron chi connectivity index (χ2n) is 4.36. The van der Waals surface area contributed by atoms with Crippen LogP contribution in [0.5, 0.6) is 0 Å². The van der Waals surface area contributed by atoms with Crippen LogP contribution in [0.4, 0.5) is 5.69 Å². The molecule has 1 aliphatic rings. The molecule has 0 radical (unpaired) electrons. The fourth-order valence-electron chi connectivity index (χ4n) is 2.04. The summed E-state index contributed by atoms with van der Waals surface area (Å²) in [6.45, 7) is 0.865. The molecule has 19 heavy (non-hydrogen) atoms. The van der Waals surface area contributed by atoms with Crippen molar-refractivity contribution in [3.8, 4) is 0 Å². The highest BCUT2D eigenvalue weighted by Crippen LogP contribution is 2.21. The summed E-state index contributed by atoms with van der Waals surface area (Å²) in [7, 11) is 1.32. The average molecular weight is 327 g/mol. The van der Waals surface area contributed by atoms with Crippen molar-refractivity contribution in [1.29, 1.82) is 0 Å². The van der Waals surface area contributed by atoms with Crippen molar-refractivity contribution in [1.82, 2.24) is 5.32 Å². The smallest absolute Gasteiger partial charge is 0.337 e. The third-order valence-electron chi connectivity index (χ3n) is 2.96. The van der Waals surface area contributed by atoms with Gasteiger partial charge in [-0.2, -0.15) is 0 Å². The monoisotopic (exact) mass is 326 g/mol. The molecule has 1 aromatic rings. The van der Waals surface area contributed by atoms with Gasteiger partial charge in [0.1, 0.15) is 0 Å². The number of carbonyl (C=O) groups excluding carboxylic acids is 2. The third kappa shape index (κ3) is 3.54. The first-order chi connectivity index (χ1) is 9.10. The molecule has 0 unspecified atom stereocenters. The molecule has 1 fully saturated rings. The summed E-state index contributed by atoms with van der Waals surface area (Å²) in [6, 6.07) is 4.85. The van der Waals surface area contributed by atoms with E-state index >= 15 is 0 Å². The minimum atomic E-state index is -0.434. The van der Waals surface area contributed by atoms with Crippen LogP contribution in [0.2, 0.25) is 0 Å². The molecule has 1 saturated heterocycles. The lowest BCUT2D eigenvalue weighted by molar-refractivity contribution is -0.117. The molecule has 102 valence electrons. The van der Waals surface area contributed by atoms with E-state index in [2.05, 4.69) is 31.3 Å². The molecule has 0 bridgehead atoms. The minimum Gasteiger partial charge on any atom is -0.465 e. The highest BCUT2D eigenvalue weighted by molar-refractivity contribution is 9.10. The van der Waals surface area contributed by atoms with Gasteiger partial charge >= 0.3 is 5.97 Å². The molecule has 0 spiro atoms. The molecular formula is C13H15BrN2O3. The van der Waals surface area contributed by atoms with Gasteiger partial charge in [0.05, 0.1) is 18.7 Å². The zero-order chi connectivity index (χ0) is 13.8. The van der Waals surface area contributed by atoms with Crippen molar-refractivity contribution in [3.05, 3.63) is 28.2 Å². The van der Waals surface area contributed by atoms with Gasteiger partial charge in [0.25, 0.3) is 0 Å². The Balaban J connectivity index is 2.13. The summed E-state index contributed by atoms with van der Waals surface area (Å²) in [5.41, 5.74) is 0.972. The average Bonchev–Trinajstić information content (AvgIpc) is 2.91. The second kappa shape index (κ2) is 6.16. The molecule has 2 rings (SSSR count). The molecule has 1 heterocycles. The van der Waals surface area contributed by atoms with Crippen LogP contribution < -0.4 is 10.6 Å². The van der Waals surface area contributed by atoms with Crippen LogP contribution in [0.3, 0.4) is 0 Å². The Kier molecular flexibility index (Phi) is 4.55. The van der Waals surface area contributed by atoms with Gasteiger partial charge in [-0.25, -0.2) is 4.79 Å². The quantitative estimate of drug-likeness (QED) is 0.833. The molecule has 6 heteroatoms. The molecule has 1 aromatic carbocycles. The van der Waals surface area contributed by atoms with Crippen LogP contribution in [0.25, 0.3) is 0 Å². The van der Waals surface area contributed by atoms with Crippen LogP contribution in [0, 0.1) is 0 Å². The highest BCUT2D eigenvalue weighted by Gasteiger charge is 2.22. The maximum atomic E-state index is 12.0. The number of hydrogen-bond acceptors (Lipinski definition) is 4. The molecule has 0 aliphatic carbocycles. The number of hydrogen-bond donors (Lipinski definition) is 2. The van der Waals surface area contributed by atoms with Gasteiger partial charge in [-0.3, -0.25) is 4.79 Å². The van der Waals surface area contributed by atoms with Gasteiger partial charge < -0.3 is 15.4 Å². The zero-order valence-electron chi connectivity index (χ0n) is 10.5. The van der Waals surface area contributed by atoms with Crippen molar-refractivity contribution in [2.45, 2.75) is 18.9 Å². The molecule has 5 nitrogen and oxygen atoms in total. The van der Waals surface area contributed by atoms with Crippen molar-refractivity contribution >= 4 is 33.5 Å². The number of ether oxygens (including phenoxy) is 1. The summed E-state index contributed by atoms with van der Waals surface area (Å²) >= 11 is 3.31. The Hall–Kier alpha value is -1.40. The third-order valence-corrected chi connectivity index (χ3v) is 3.42. The summed E-state index contributed by atoms with van der Waals surface area (Å²) < 4.78 is 5.38. The number of carbonyl (C=O) groups is 2. The maximum absolute atomic E-state index is 12.0. The van der Waals surface area contributed by atoms with Gasteiger partial charge in [0.2, 0.25) is 5.91 Å². The van der Waals surface area contributed by atoms with Crippen molar-refractivity contribution in [2.24, 2.45) is 0 Å². The van der Waals surface area contributed by atoms with Crippen LogP contribution in [-0.2, 0) is 9.53 Å². The van der Waals surface area contributed by atoms with Gasteiger partial charge in [-0.1, -0.05) is 15.9 Å². The van der Waals surface area contributed by atoms with Gasteiger partial charge in [0.15, 0.2) is 0 Å². The Bertz CT molecular complexity index is 499. The Labute approximate surface area is 119 Å². The molecule has 1 amide bonds. The number of halogens is 1. The minimum absolute atomic E-state index is 0.0774. The number of rotatable bonds is 3. The van der Waals surface area contributed by atoms with E-state index in [0.717, 1.165) is 19.4 Å². The van der Waals surface area contributed by atoms with E-state index in [9.17, 15) is 9.59 Å². The molecule has 0 aromatic heterocycles. The first-order valence-electron chi connectivity index (χ1n) is 6.03. The Morgan fingerprint density at radius 1 is 1.42 bits per heavy atom. The fraction of sp³-hybridized carbons (Fsp3) is 0.385. The number of methoxy groups -OCH3 is 1. The number of amides is 1. The van der Waals surface area contributed by atoms with Crippen LogP contribution in [0.1, 0.15) is 23.2 Å². The van der Waals surface area contributed by atoms with E-state index in [1.165, 1.54) is 7.11 Å².